The van der Waals surface area contributed by atoms with Gasteiger partial charge in [0, 0.05) is 18.8 Å². The van der Waals surface area contributed by atoms with E-state index in [4.69, 9.17) is 0 Å². The van der Waals surface area contributed by atoms with Crippen LogP contribution in [0.3, 0.4) is 0 Å². The molecule has 100 valence electrons. The van der Waals surface area contributed by atoms with Gasteiger partial charge >= 0.3 is 0 Å². The molecule has 5 heteroatoms. The fraction of sp³-hybridized carbons (Fsp3) is 0.357. The number of aromatic nitrogens is 2. The summed E-state index contributed by atoms with van der Waals surface area (Å²) in [5.74, 6) is -1.04. The minimum Gasteiger partial charge on any atom is -0.291 e. The van der Waals surface area contributed by atoms with Crippen molar-refractivity contribution in [2.24, 2.45) is 0 Å². The predicted octanol–water partition coefficient (Wildman–Crippen LogP) is 3.03. The molecule has 0 aliphatic carbocycles. The van der Waals surface area contributed by atoms with Crippen molar-refractivity contribution in [3.63, 3.8) is 0 Å². The Morgan fingerprint density at radius 2 is 2.05 bits per heavy atom. The summed E-state index contributed by atoms with van der Waals surface area (Å²) in [6, 6.07) is 5.90. The molecule has 0 radical (unpaired) electrons. The van der Waals surface area contributed by atoms with Gasteiger partial charge in [-0.25, -0.2) is 8.78 Å². The van der Waals surface area contributed by atoms with Crippen molar-refractivity contribution in [1.29, 1.82) is 0 Å². The Kier molecular flexibility index (Phi) is 3.29. The molecule has 0 spiro atoms. The molecule has 2 aromatic rings. The highest BCUT2D eigenvalue weighted by Gasteiger charge is 2.27. The zero-order valence-corrected chi connectivity index (χ0v) is 10.4. The molecule has 1 unspecified atom stereocenters. The van der Waals surface area contributed by atoms with Crippen LogP contribution < -0.4 is 0 Å². The smallest absolute Gasteiger partial charge is 0.126 e. The molecule has 1 atom stereocenters. The summed E-state index contributed by atoms with van der Waals surface area (Å²) in [4.78, 5) is 2.22. The van der Waals surface area contributed by atoms with Crippen LogP contribution in [0.2, 0.25) is 0 Å². The van der Waals surface area contributed by atoms with E-state index in [1.165, 1.54) is 12.1 Å². The van der Waals surface area contributed by atoms with E-state index in [9.17, 15) is 8.78 Å². The van der Waals surface area contributed by atoms with E-state index in [-0.39, 0.29) is 6.04 Å². The zero-order chi connectivity index (χ0) is 13.2. The van der Waals surface area contributed by atoms with Gasteiger partial charge in [-0.05, 0) is 43.1 Å². The van der Waals surface area contributed by atoms with Crippen molar-refractivity contribution in [2.75, 3.05) is 6.54 Å². The van der Waals surface area contributed by atoms with Crippen LogP contribution in [0, 0.1) is 11.6 Å². The number of rotatable bonds is 3. The average Bonchev–Trinajstić information content (AvgIpc) is 2.96. The molecule has 2 heterocycles. The Bertz CT molecular complexity index is 534. The number of nitrogens with zero attached hydrogens (tertiary/aromatic N) is 2. The quantitative estimate of drug-likeness (QED) is 0.923. The lowest BCUT2D eigenvalue weighted by Gasteiger charge is -2.23. The lowest BCUT2D eigenvalue weighted by molar-refractivity contribution is 0.243. The van der Waals surface area contributed by atoms with Crippen LogP contribution >= 0.6 is 0 Å². The number of hydrogen-bond donors (Lipinski definition) is 1. The van der Waals surface area contributed by atoms with Gasteiger partial charge in [-0.1, -0.05) is 0 Å². The van der Waals surface area contributed by atoms with Crippen molar-refractivity contribution in [3.05, 3.63) is 53.4 Å². The summed E-state index contributed by atoms with van der Waals surface area (Å²) in [7, 11) is 0. The molecule has 0 bridgehead atoms. The summed E-state index contributed by atoms with van der Waals surface area (Å²) < 4.78 is 26.4. The number of benzene rings is 1. The summed E-state index contributed by atoms with van der Waals surface area (Å²) in [5, 5.41) is 6.94. The SMILES string of the molecule is Fc1cc(F)cc(CN2CCCC2c2ccn[nH]2)c1. The van der Waals surface area contributed by atoms with Gasteiger partial charge in [-0.2, -0.15) is 5.10 Å². The second-order valence-electron chi connectivity index (χ2n) is 4.92. The predicted molar refractivity (Wildman–Crippen MR) is 67.3 cm³/mol. The van der Waals surface area contributed by atoms with Gasteiger partial charge in [0.15, 0.2) is 0 Å². The number of aromatic amines is 1. The topological polar surface area (TPSA) is 31.9 Å². The highest BCUT2D eigenvalue weighted by molar-refractivity contribution is 5.19. The number of hydrogen-bond acceptors (Lipinski definition) is 2. The molecule has 1 aliphatic rings. The second-order valence-corrected chi connectivity index (χ2v) is 4.92. The number of nitrogens with one attached hydrogen (secondary N) is 1. The summed E-state index contributed by atoms with van der Waals surface area (Å²) in [5.41, 5.74) is 1.73. The first kappa shape index (κ1) is 12.3. The molecule has 1 fully saturated rings. The molecule has 1 N–H and O–H groups in total. The molecular formula is C14H15F2N3. The maximum absolute atomic E-state index is 13.2. The molecule has 1 saturated heterocycles. The van der Waals surface area contributed by atoms with E-state index in [1.54, 1.807) is 6.20 Å². The van der Waals surface area contributed by atoms with Gasteiger partial charge in [0.05, 0.1) is 11.7 Å². The molecule has 3 rings (SSSR count). The molecule has 19 heavy (non-hydrogen) atoms. The summed E-state index contributed by atoms with van der Waals surface area (Å²) in [6.07, 6.45) is 3.86. The Balaban J connectivity index is 1.78. The first-order chi connectivity index (χ1) is 9.22. The van der Waals surface area contributed by atoms with E-state index in [2.05, 4.69) is 15.1 Å². The third-order valence-corrected chi connectivity index (χ3v) is 3.55. The molecule has 1 aliphatic heterocycles. The zero-order valence-electron chi connectivity index (χ0n) is 10.4. The van der Waals surface area contributed by atoms with E-state index < -0.39 is 11.6 Å². The third kappa shape index (κ3) is 2.66. The van der Waals surface area contributed by atoms with Crippen molar-refractivity contribution in [1.82, 2.24) is 15.1 Å². The molecule has 0 saturated carbocycles. The Morgan fingerprint density at radius 1 is 1.26 bits per heavy atom. The highest BCUT2D eigenvalue weighted by Crippen LogP contribution is 2.31. The monoisotopic (exact) mass is 263 g/mol. The van der Waals surface area contributed by atoms with Gasteiger partial charge in [0.25, 0.3) is 0 Å². The number of likely N-dealkylation sites (tertiary alicyclic amines) is 1. The largest absolute Gasteiger partial charge is 0.291 e. The third-order valence-electron chi connectivity index (χ3n) is 3.55. The van der Waals surface area contributed by atoms with Gasteiger partial charge in [-0.3, -0.25) is 10.00 Å². The van der Waals surface area contributed by atoms with Gasteiger partial charge in [-0.15, -0.1) is 0 Å². The van der Waals surface area contributed by atoms with Gasteiger partial charge in [0.2, 0.25) is 0 Å². The maximum atomic E-state index is 13.2. The Morgan fingerprint density at radius 3 is 2.74 bits per heavy atom. The van der Waals surface area contributed by atoms with E-state index in [1.807, 2.05) is 6.07 Å². The number of H-pyrrole nitrogens is 1. The number of halogens is 2. The van der Waals surface area contributed by atoms with Crippen LogP contribution in [0.4, 0.5) is 8.78 Å². The Labute approximate surface area is 110 Å². The van der Waals surface area contributed by atoms with Crippen LogP contribution in [0.25, 0.3) is 0 Å². The van der Waals surface area contributed by atoms with E-state index in [0.29, 0.717) is 12.1 Å². The standard InChI is InChI=1S/C14H15F2N3/c15-11-6-10(7-12(16)8-11)9-19-5-1-2-14(19)13-3-4-17-18-13/h3-4,6-8,14H,1-2,5,9H2,(H,17,18). The van der Waals surface area contributed by atoms with Crippen molar-refractivity contribution in [3.8, 4) is 0 Å². The Hall–Kier alpha value is -1.75. The van der Waals surface area contributed by atoms with Gasteiger partial charge in [0.1, 0.15) is 11.6 Å². The van der Waals surface area contributed by atoms with Crippen molar-refractivity contribution >= 4 is 0 Å². The minimum atomic E-state index is -0.521. The van der Waals surface area contributed by atoms with Crippen LogP contribution in [0.5, 0.6) is 0 Å². The summed E-state index contributed by atoms with van der Waals surface area (Å²) in [6.45, 7) is 1.49. The fourth-order valence-electron chi connectivity index (χ4n) is 2.76. The van der Waals surface area contributed by atoms with E-state index >= 15 is 0 Å². The molecule has 1 aromatic heterocycles. The van der Waals surface area contributed by atoms with Crippen LogP contribution in [-0.4, -0.2) is 21.6 Å². The maximum Gasteiger partial charge on any atom is 0.126 e. The van der Waals surface area contributed by atoms with Gasteiger partial charge < -0.3 is 0 Å². The van der Waals surface area contributed by atoms with E-state index in [0.717, 1.165) is 31.1 Å². The van der Waals surface area contributed by atoms with Crippen molar-refractivity contribution < 1.29 is 8.78 Å². The van der Waals surface area contributed by atoms with Crippen molar-refractivity contribution in [2.45, 2.75) is 25.4 Å². The fourth-order valence-corrected chi connectivity index (χ4v) is 2.76. The molecular weight excluding hydrogens is 248 g/mol. The lowest BCUT2D eigenvalue weighted by atomic mass is 10.1. The molecule has 0 amide bonds. The van der Waals surface area contributed by atoms with Crippen LogP contribution in [-0.2, 0) is 6.54 Å². The summed E-state index contributed by atoms with van der Waals surface area (Å²) >= 11 is 0. The highest BCUT2D eigenvalue weighted by atomic mass is 19.1. The lowest BCUT2D eigenvalue weighted by Crippen LogP contribution is -2.23. The first-order valence-corrected chi connectivity index (χ1v) is 6.40. The molecule has 1 aromatic carbocycles. The second kappa shape index (κ2) is 5.09. The first-order valence-electron chi connectivity index (χ1n) is 6.40. The van der Waals surface area contributed by atoms with Crippen LogP contribution in [0.1, 0.15) is 30.1 Å². The average molecular weight is 263 g/mol. The minimum absolute atomic E-state index is 0.258. The molecule has 3 nitrogen and oxygen atoms in total. The van der Waals surface area contributed by atoms with Crippen LogP contribution in [0.15, 0.2) is 30.5 Å². The normalized spacial score (nSPS) is 20.0.